The molecule has 1 aromatic heterocycles. The van der Waals surface area contributed by atoms with Crippen molar-refractivity contribution in [2.45, 2.75) is 6.92 Å². The molecule has 3 N–H and O–H groups in total. The third-order valence-electron chi connectivity index (χ3n) is 1.10. The number of nitrogens with zero attached hydrogens (tertiary/aromatic N) is 2. The first-order chi connectivity index (χ1) is 6.09. The van der Waals surface area contributed by atoms with Gasteiger partial charge in [-0.3, -0.25) is 5.32 Å². The Labute approximate surface area is 76.9 Å². The lowest BCUT2D eigenvalue weighted by Crippen LogP contribution is -2.33. The van der Waals surface area contributed by atoms with E-state index in [1.54, 1.807) is 12.2 Å². The number of carbonyl (C=O) groups excluding carboxylic acids is 1. The summed E-state index contributed by atoms with van der Waals surface area (Å²) < 4.78 is 3.56. The van der Waals surface area contributed by atoms with Crippen molar-refractivity contribution in [1.82, 2.24) is 14.9 Å². The molecule has 0 aliphatic rings. The molecule has 0 aromatic carbocycles. The largest absolute Gasteiger partial charge is 0.465 e. The summed E-state index contributed by atoms with van der Waals surface area (Å²) in [4.78, 5) is 21.5. The number of carboxylic acid groups (broad SMARTS) is 1. The average Bonchev–Trinajstić information content (AvgIpc) is 2.34. The van der Waals surface area contributed by atoms with Gasteiger partial charge in [0.2, 0.25) is 0 Å². The zero-order valence-corrected chi connectivity index (χ0v) is 7.38. The fourth-order valence-corrected chi connectivity index (χ4v) is 1.01. The molecule has 0 bridgehead atoms. The maximum Gasteiger partial charge on any atom is 0.412 e. The van der Waals surface area contributed by atoms with E-state index in [9.17, 15) is 9.59 Å². The van der Waals surface area contributed by atoms with Crippen LogP contribution >= 0.6 is 11.5 Å². The molecule has 0 aliphatic heterocycles. The number of aryl methyl sites for hydroxylation is 1. The molecule has 0 saturated carbocycles. The van der Waals surface area contributed by atoms with Crippen molar-refractivity contribution in [2.75, 3.05) is 5.32 Å². The van der Waals surface area contributed by atoms with Crippen LogP contribution in [0.4, 0.5) is 15.4 Å². The minimum atomic E-state index is -1.42. The molecule has 1 heterocycles. The molecule has 0 saturated heterocycles. The number of nitrogens with one attached hydrogen (secondary N) is 2. The van der Waals surface area contributed by atoms with Gasteiger partial charge in [0, 0.05) is 0 Å². The second kappa shape index (κ2) is 3.81. The van der Waals surface area contributed by atoms with E-state index >= 15 is 0 Å². The van der Waals surface area contributed by atoms with Crippen LogP contribution in [0, 0.1) is 6.92 Å². The molecule has 0 radical (unpaired) electrons. The van der Waals surface area contributed by atoms with Crippen molar-refractivity contribution in [2.24, 2.45) is 0 Å². The summed E-state index contributed by atoms with van der Waals surface area (Å²) in [5.41, 5.74) is 0. The molecule has 0 fully saturated rings. The lowest BCUT2D eigenvalue weighted by atomic mass is 10.5. The molecule has 7 nitrogen and oxygen atoms in total. The van der Waals surface area contributed by atoms with Gasteiger partial charge in [-0.2, -0.15) is 0 Å². The van der Waals surface area contributed by atoms with Gasteiger partial charge in [0.25, 0.3) is 0 Å². The highest BCUT2D eigenvalue weighted by Gasteiger charge is 2.09. The Kier molecular flexibility index (Phi) is 2.75. The number of carbonyl (C=O) groups is 2. The zero-order chi connectivity index (χ0) is 9.84. The van der Waals surface area contributed by atoms with E-state index in [4.69, 9.17) is 5.11 Å². The summed E-state index contributed by atoms with van der Waals surface area (Å²) in [7, 11) is 0. The number of imide groups is 1. The molecule has 1 rings (SSSR count). The number of aromatic nitrogens is 2. The molecule has 13 heavy (non-hydrogen) atoms. The van der Waals surface area contributed by atoms with E-state index in [1.807, 2.05) is 0 Å². The molecule has 0 spiro atoms. The lowest BCUT2D eigenvalue weighted by Gasteiger charge is -1.99. The van der Waals surface area contributed by atoms with E-state index in [0.717, 1.165) is 11.5 Å². The van der Waals surface area contributed by atoms with Gasteiger partial charge >= 0.3 is 12.1 Å². The average molecular weight is 202 g/mol. The van der Waals surface area contributed by atoms with E-state index in [0.29, 0.717) is 4.88 Å². The van der Waals surface area contributed by atoms with Crippen LogP contribution < -0.4 is 10.6 Å². The molecule has 1 aromatic rings. The summed E-state index contributed by atoms with van der Waals surface area (Å²) in [6.07, 6.45) is -1.42. The van der Waals surface area contributed by atoms with Gasteiger partial charge < -0.3 is 5.11 Å². The van der Waals surface area contributed by atoms with Gasteiger partial charge in [-0.15, -0.1) is 5.10 Å². The van der Waals surface area contributed by atoms with Crippen molar-refractivity contribution in [3.63, 3.8) is 0 Å². The van der Waals surface area contributed by atoms with Crippen LogP contribution in [0.5, 0.6) is 0 Å². The van der Waals surface area contributed by atoms with E-state index in [-0.39, 0.29) is 5.82 Å². The first kappa shape index (κ1) is 9.39. The molecule has 3 amide bonds. The molecular weight excluding hydrogens is 196 g/mol. The van der Waals surface area contributed by atoms with Crippen LogP contribution in [-0.4, -0.2) is 26.8 Å². The summed E-state index contributed by atoms with van der Waals surface area (Å²) in [5, 5.41) is 15.6. The van der Waals surface area contributed by atoms with Gasteiger partial charge in [-0.25, -0.2) is 14.9 Å². The molecule has 0 unspecified atom stereocenters. The minimum absolute atomic E-state index is 0.267. The zero-order valence-electron chi connectivity index (χ0n) is 6.57. The summed E-state index contributed by atoms with van der Waals surface area (Å²) in [6.45, 7) is 1.71. The van der Waals surface area contributed by atoms with Gasteiger partial charge in [-0.05, 0) is 18.5 Å². The Morgan fingerprint density at radius 1 is 1.54 bits per heavy atom. The van der Waals surface area contributed by atoms with Crippen LogP contribution in [0.25, 0.3) is 0 Å². The third kappa shape index (κ3) is 2.67. The highest BCUT2D eigenvalue weighted by atomic mass is 32.1. The third-order valence-corrected chi connectivity index (χ3v) is 1.73. The predicted molar refractivity (Wildman–Crippen MR) is 44.8 cm³/mol. The Morgan fingerprint density at radius 3 is 2.69 bits per heavy atom. The monoisotopic (exact) mass is 202 g/mol. The van der Waals surface area contributed by atoms with Crippen molar-refractivity contribution >= 4 is 29.5 Å². The Balaban J connectivity index is 2.55. The number of rotatable bonds is 1. The smallest absolute Gasteiger partial charge is 0.412 e. The van der Waals surface area contributed by atoms with Gasteiger partial charge in [0.15, 0.2) is 5.82 Å². The van der Waals surface area contributed by atoms with Crippen molar-refractivity contribution in [1.29, 1.82) is 0 Å². The van der Waals surface area contributed by atoms with E-state index in [1.165, 1.54) is 0 Å². The van der Waals surface area contributed by atoms with Crippen LogP contribution in [0.15, 0.2) is 0 Å². The van der Waals surface area contributed by atoms with Crippen molar-refractivity contribution in [3.05, 3.63) is 4.88 Å². The SMILES string of the molecule is Cc1snnc1NC(=O)NC(=O)O. The predicted octanol–water partition coefficient (Wildman–Crippen LogP) is 0.646. The van der Waals surface area contributed by atoms with Gasteiger partial charge in [-0.1, -0.05) is 4.49 Å². The molecule has 0 atom stereocenters. The van der Waals surface area contributed by atoms with Crippen LogP contribution in [0.3, 0.4) is 0 Å². The first-order valence-electron chi connectivity index (χ1n) is 3.19. The number of hydrogen-bond donors (Lipinski definition) is 3. The number of amides is 3. The van der Waals surface area contributed by atoms with E-state index < -0.39 is 12.1 Å². The van der Waals surface area contributed by atoms with Crippen LogP contribution in [0.1, 0.15) is 4.88 Å². The Bertz CT molecular complexity index is 336. The van der Waals surface area contributed by atoms with Crippen molar-refractivity contribution in [3.8, 4) is 0 Å². The molecule has 70 valence electrons. The first-order valence-corrected chi connectivity index (χ1v) is 3.97. The number of urea groups is 1. The second-order valence-electron chi connectivity index (χ2n) is 2.06. The Hall–Kier alpha value is -1.70. The summed E-state index contributed by atoms with van der Waals surface area (Å²) >= 11 is 1.11. The number of anilines is 1. The molecule has 0 aliphatic carbocycles. The Morgan fingerprint density at radius 2 is 2.23 bits per heavy atom. The summed E-state index contributed by atoms with van der Waals surface area (Å²) in [6, 6.07) is -0.844. The number of hydrogen-bond acceptors (Lipinski definition) is 5. The fraction of sp³-hybridized carbons (Fsp3) is 0.200. The topological polar surface area (TPSA) is 104 Å². The standard InChI is InChI=1S/C5H6N4O3S/c1-2-3(8-9-13-2)6-4(10)7-5(11)12/h1H3,(H,11,12)(H2,6,7,10). The van der Waals surface area contributed by atoms with Crippen molar-refractivity contribution < 1.29 is 14.7 Å². The second-order valence-corrected chi connectivity index (χ2v) is 3.02. The molecular formula is C5H6N4O3S. The quantitative estimate of drug-likeness (QED) is 0.620. The van der Waals surface area contributed by atoms with Gasteiger partial charge in [0.05, 0.1) is 4.88 Å². The maximum absolute atomic E-state index is 10.8. The normalized spacial score (nSPS) is 9.31. The van der Waals surface area contributed by atoms with E-state index in [2.05, 4.69) is 14.9 Å². The summed E-state index contributed by atoms with van der Waals surface area (Å²) in [5.74, 6) is 0.267. The highest BCUT2D eigenvalue weighted by molar-refractivity contribution is 7.05. The molecule has 8 heteroatoms. The van der Waals surface area contributed by atoms with Crippen LogP contribution in [-0.2, 0) is 0 Å². The van der Waals surface area contributed by atoms with Gasteiger partial charge in [0.1, 0.15) is 0 Å². The maximum atomic E-state index is 10.8. The fourth-order valence-electron chi connectivity index (χ4n) is 0.585. The lowest BCUT2D eigenvalue weighted by molar-refractivity contribution is 0.194. The minimum Gasteiger partial charge on any atom is -0.465 e. The van der Waals surface area contributed by atoms with Crippen LogP contribution in [0.2, 0.25) is 0 Å². The highest BCUT2D eigenvalue weighted by Crippen LogP contribution is 2.12.